The molecule has 4 heteroatoms. The van der Waals surface area contributed by atoms with Crippen molar-refractivity contribution in [1.29, 1.82) is 0 Å². The largest absolute Gasteiger partial charge is 0.304 e. The molecule has 0 saturated carbocycles. The van der Waals surface area contributed by atoms with Crippen LogP contribution < -0.4 is 0 Å². The van der Waals surface area contributed by atoms with Gasteiger partial charge in [0.05, 0.1) is 5.82 Å². The summed E-state index contributed by atoms with van der Waals surface area (Å²) in [6, 6.07) is 36.3. The van der Waals surface area contributed by atoms with Crippen LogP contribution in [-0.4, -0.2) is 15.0 Å². The number of nitrogens with zero attached hydrogens (tertiary/aromatic N) is 3. The number of hydrogen-bond donors (Lipinski definition) is 0. The topological polar surface area (TPSA) is 38.7 Å². The SMILES string of the molecule is Cc1cccnc1-c1[c-]cccc1.[Ir].[c-]1ccc(-c2ccccc2)cc1-c1ncccn1. The number of rotatable bonds is 3. The van der Waals surface area contributed by atoms with Gasteiger partial charge in [-0.2, -0.15) is 0 Å². The van der Waals surface area contributed by atoms with E-state index >= 15 is 0 Å². The zero-order chi connectivity index (χ0) is 21.3. The van der Waals surface area contributed by atoms with Crippen molar-refractivity contribution in [3.05, 3.63) is 127 Å². The third-order valence-electron chi connectivity index (χ3n) is 4.69. The molecule has 2 aromatic heterocycles. The zero-order valence-electron chi connectivity index (χ0n) is 17.6. The quantitative estimate of drug-likeness (QED) is 0.226. The van der Waals surface area contributed by atoms with Crippen LogP contribution in [0.5, 0.6) is 0 Å². The molecule has 32 heavy (non-hydrogen) atoms. The van der Waals surface area contributed by atoms with E-state index < -0.39 is 0 Å². The van der Waals surface area contributed by atoms with E-state index in [1.54, 1.807) is 12.4 Å². The molecule has 5 aromatic rings. The van der Waals surface area contributed by atoms with Crippen molar-refractivity contribution in [2.75, 3.05) is 0 Å². The average molecular weight is 592 g/mol. The van der Waals surface area contributed by atoms with Gasteiger partial charge in [-0.3, -0.25) is 9.97 Å². The zero-order valence-corrected chi connectivity index (χ0v) is 20.0. The van der Waals surface area contributed by atoms with Crippen LogP contribution in [0.1, 0.15) is 5.56 Å². The second-order valence-corrected chi connectivity index (χ2v) is 6.87. The predicted molar refractivity (Wildman–Crippen MR) is 125 cm³/mol. The van der Waals surface area contributed by atoms with Gasteiger partial charge in [0, 0.05) is 38.7 Å². The van der Waals surface area contributed by atoms with Crippen LogP contribution in [0.25, 0.3) is 33.8 Å². The average Bonchev–Trinajstić information content (AvgIpc) is 2.86. The van der Waals surface area contributed by atoms with Crippen molar-refractivity contribution < 1.29 is 20.1 Å². The van der Waals surface area contributed by atoms with Crippen LogP contribution in [0.3, 0.4) is 0 Å². The Labute approximate surface area is 202 Å². The second kappa shape index (κ2) is 11.8. The molecular weight excluding hydrogens is 571 g/mol. The summed E-state index contributed by atoms with van der Waals surface area (Å²) in [5.74, 6) is 0.704. The van der Waals surface area contributed by atoms with Gasteiger partial charge in [-0.25, -0.2) is 0 Å². The first-order chi connectivity index (χ1) is 15.3. The van der Waals surface area contributed by atoms with Gasteiger partial charge in [-0.1, -0.05) is 42.0 Å². The smallest absolute Gasteiger partial charge is 0.0748 e. The van der Waals surface area contributed by atoms with Crippen LogP contribution in [-0.2, 0) is 20.1 Å². The maximum atomic E-state index is 4.32. The van der Waals surface area contributed by atoms with Crippen LogP contribution >= 0.6 is 0 Å². The van der Waals surface area contributed by atoms with Gasteiger partial charge in [0.25, 0.3) is 0 Å². The summed E-state index contributed by atoms with van der Waals surface area (Å²) in [4.78, 5) is 12.8. The minimum Gasteiger partial charge on any atom is -0.304 e. The first-order valence-electron chi connectivity index (χ1n) is 10.0. The van der Waals surface area contributed by atoms with E-state index in [1.807, 2.05) is 72.9 Å². The standard InChI is InChI=1S/C16H11N2.C12H10N.Ir/c1-2-6-13(7-3-1)14-8-4-9-15(12-14)16-17-10-5-11-18-16;1-10-6-5-9-13-12(10)11-7-3-2-4-8-11;/h1-8,10-12H;2-7,9H,1H3;/q2*-1;. The Hall–Kier alpha value is -3.46. The molecule has 0 aliphatic rings. The van der Waals surface area contributed by atoms with Crippen molar-refractivity contribution in [3.8, 4) is 33.8 Å². The van der Waals surface area contributed by atoms with Gasteiger partial charge in [0.1, 0.15) is 0 Å². The van der Waals surface area contributed by atoms with Gasteiger partial charge in [0.2, 0.25) is 0 Å². The maximum absolute atomic E-state index is 4.32. The molecule has 0 fully saturated rings. The van der Waals surface area contributed by atoms with E-state index in [0.717, 1.165) is 22.4 Å². The van der Waals surface area contributed by atoms with Gasteiger partial charge >= 0.3 is 0 Å². The van der Waals surface area contributed by atoms with E-state index in [-0.39, 0.29) is 20.1 Å². The predicted octanol–water partition coefficient (Wildman–Crippen LogP) is 6.47. The molecule has 0 unspecified atom stereocenters. The van der Waals surface area contributed by atoms with Crippen molar-refractivity contribution in [3.63, 3.8) is 0 Å². The number of benzene rings is 3. The number of hydrogen-bond acceptors (Lipinski definition) is 3. The van der Waals surface area contributed by atoms with Gasteiger partial charge in [0.15, 0.2) is 0 Å². The van der Waals surface area contributed by atoms with E-state index in [2.05, 4.69) is 58.3 Å². The fourth-order valence-electron chi connectivity index (χ4n) is 3.15. The summed E-state index contributed by atoms with van der Waals surface area (Å²) >= 11 is 0. The van der Waals surface area contributed by atoms with E-state index in [0.29, 0.717) is 5.82 Å². The van der Waals surface area contributed by atoms with E-state index in [1.165, 1.54) is 11.1 Å². The molecule has 2 heterocycles. The Morgan fingerprint density at radius 2 is 1.31 bits per heavy atom. The Morgan fingerprint density at radius 3 is 2.03 bits per heavy atom. The Balaban J connectivity index is 0.000000184. The molecule has 0 spiro atoms. The molecule has 3 nitrogen and oxygen atoms in total. The van der Waals surface area contributed by atoms with Crippen LogP contribution in [0, 0.1) is 19.1 Å². The van der Waals surface area contributed by atoms with Crippen molar-refractivity contribution in [1.82, 2.24) is 15.0 Å². The summed E-state index contributed by atoms with van der Waals surface area (Å²) < 4.78 is 0. The third-order valence-corrected chi connectivity index (χ3v) is 4.69. The Bertz CT molecular complexity index is 1170. The molecule has 5 rings (SSSR count). The van der Waals surface area contributed by atoms with Gasteiger partial charge in [-0.05, 0) is 30.3 Å². The summed E-state index contributed by atoms with van der Waals surface area (Å²) in [7, 11) is 0. The Morgan fingerprint density at radius 1 is 0.594 bits per heavy atom. The molecule has 0 bridgehead atoms. The van der Waals surface area contributed by atoms with Crippen molar-refractivity contribution in [2.45, 2.75) is 6.92 Å². The molecule has 0 amide bonds. The number of aromatic nitrogens is 3. The van der Waals surface area contributed by atoms with Gasteiger partial charge < -0.3 is 4.98 Å². The first-order valence-corrected chi connectivity index (χ1v) is 10.0. The number of pyridine rings is 1. The summed E-state index contributed by atoms with van der Waals surface area (Å²) in [6.45, 7) is 2.06. The molecule has 0 aliphatic carbocycles. The van der Waals surface area contributed by atoms with E-state index in [9.17, 15) is 0 Å². The molecule has 0 saturated heterocycles. The monoisotopic (exact) mass is 592 g/mol. The van der Waals surface area contributed by atoms with Crippen LogP contribution in [0.4, 0.5) is 0 Å². The molecule has 0 atom stereocenters. The summed E-state index contributed by atoms with van der Waals surface area (Å²) in [6.07, 6.45) is 5.29. The minimum atomic E-state index is 0. The molecule has 0 aliphatic heterocycles. The molecule has 1 radical (unpaired) electrons. The fourth-order valence-corrected chi connectivity index (χ4v) is 3.15. The minimum absolute atomic E-state index is 0. The summed E-state index contributed by atoms with van der Waals surface area (Å²) in [5.41, 5.74) is 6.51. The van der Waals surface area contributed by atoms with Crippen LogP contribution in [0.2, 0.25) is 0 Å². The Kier molecular flexibility index (Phi) is 8.56. The second-order valence-electron chi connectivity index (χ2n) is 6.87. The summed E-state index contributed by atoms with van der Waals surface area (Å²) in [5, 5.41) is 0. The molecular formula is C28H21IrN3-2. The third kappa shape index (κ3) is 6.04. The molecule has 3 aromatic carbocycles. The molecule has 0 N–H and O–H groups in total. The van der Waals surface area contributed by atoms with Crippen molar-refractivity contribution >= 4 is 0 Å². The maximum Gasteiger partial charge on any atom is 0.0748 e. The number of aryl methyl sites for hydroxylation is 1. The van der Waals surface area contributed by atoms with E-state index in [4.69, 9.17) is 0 Å². The first kappa shape index (κ1) is 23.2. The van der Waals surface area contributed by atoms with Crippen molar-refractivity contribution in [2.24, 2.45) is 0 Å². The van der Waals surface area contributed by atoms with Crippen LogP contribution in [0.15, 0.2) is 110 Å². The fraction of sp³-hybridized carbons (Fsp3) is 0.0357. The normalized spacial score (nSPS) is 9.78. The molecule has 159 valence electrons. The van der Waals surface area contributed by atoms with Gasteiger partial charge in [-0.15, -0.1) is 71.3 Å².